The number of amides is 1. The maximum atomic E-state index is 11.9. The molecular formula is C10H20N2O3. The molecule has 0 spiro atoms. The average Bonchev–Trinajstić information content (AvgIpc) is 2.28. The second kappa shape index (κ2) is 6.05. The van der Waals surface area contributed by atoms with E-state index in [0.717, 1.165) is 6.54 Å². The van der Waals surface area contributed by atoms with Gasteiger partial charge >= 0.3 is 0 Å². The van der Waals surface area contributed by atoms with Gasteiger partial charge < -0.3 is 19.7 Å². The Morgan fingerprint density at radius 1 is 1.73 bits per heavy atom. The normalized spacial score (nSPS) is 23.5. The van der Waals surface area contributed by atoms with Crippen LogP contribution in [0.3, 0.4) is 0 Å². The van der Waals surface area contributed by atoms with Crippen molar-refractivity contribution in [3.8, 4) is 0 Å². The minimum atomic E-state index is -0.206. The number of likely N-dealkylation sites (N-methyl/N-ethyl adjacent to an activating group) is 1. The molecule has 1 aliphatic rings. The summed E-state index contributed by atoms with van der Waals surface area (Å²) < 4.78 is 10.3. The topological polar surface area (TPSA) is 50.8 Å². The Balaban J connectivity index is 2.43. The highest BCUT2D eigenvalue weighted by molar-refractivity contribution is 5.82. The number of methoxy groups -OCH3 is 1. The van der Waals surface area contributed by atoms with Crippen molar-refractivity contribution in [3.05, 3.63) is 0 Å². The Morgan fingerprint density at radius 3 is 3.00 bits per heavy atom. The van der Waals surface area contributed by atoms with Crippen molar-refractivity contribution in [1.29, 1.82) is 0 Å². The van der Waals surface area contributed by atoms with Gasteiger partial charge in [-0.2, -0.15) is 0 Å². The van der Waals surface area contributed by atoms with Gasteiger partial charge in [0.1, 0.15) is 6.04 Å². The summed E-state index contributed by atoms with van der Waals surface area (Å²) in [5, 5.41) is 3.14. The third kappa shape index (κ3) is 3.44. The van der Waals surface area contributed by atoms with E-state index < -0.39 is 0 Å². The van der Waals surface area contributed by atoms with Crippen molar-refractivity contribution in [3.63, 3.8) is 0 Å². The number of hydrogen-bond acceptors (Lipinski definition) is 4. The first kappa shape index (κ1) is 12.4. The molecule has 0 aromatic rings. The van der Waals surface area contributed by atoms with E-state index in [1.807, 2.05) is 6.92 Å². The summed E-state index contributed by atoms with van der Waals surface area (Å²) in [6, 6.07) is -0.116. The number of nitrogens with one attached hydrogen (secondary N) is 1. The van der Waals surface area contributed by atoms with E-state index in [4.69, 9.17) is 9.47 Å². The van der Waals surface area contributed by atoms with Gasteiger partial charge in [0.15, 0.2) is 0 Å². The third-order valence-corrected chi connectivity index (χ3v) is 2.64. The number of morpholine rings is 1. The SMILES string of the molecule is COCC(C)N(C)C(=O)C1COCCN1. The third-order valence-electron chi connectivity index (χ3n) is 2.64. The van der Waals surface area contributed by atoms with Gasteiger partial charge in [0.25, 0.3) is 0 Å². The van der Waals surface area contributed by atoms with Crippen molar-refractivity contribution in [2.45, 2.75) is 19.0 Å². The van der Waals surface area contributed by atoms with E-state index in [9.17, 15) is 4.79 Å². The van der Waals surface area contributed by atoms with Gasteiger partial charge in [0.2, 0.25) is 5.91 Å². The Labute approximate surface area is 90.7 Å². The van der Waals surface area contributed by atoms with Crippen LogP contribution >= 0.6 is 0 Å². The molecule has 1 fully saturated rings. The molecule has 2 unspecified atom stereocenters. The van der Waals surface area contributed by atoms with Crippen LogP contribution in [-0.4, -0.2) is 63.4 Å². The first-order valence-corrected chi connectivity index (χ1v) is 5.23. The van der Waals surface area contributed by atoms with Gasteiger partial charge in [-0.15, -0.1) is 0 Å². The van der Waals surface area contributed by atoms with Crippen molar-refractivity contribution >= 4 is 5.91 Å². The molecule has 0 aromatic carbocycles. The molecule has 0 aliphatic carbocycles. The van der Waals surface area contributed by atoms with Gasteiger partial charge in [0.05, 0.1) is 25.9 Å². The maximum Gasteiger partial charge on any atom is 0.242 e. The lowest BCUT2D eigenvalue weighted by Crippen LogP contribution is -2.54. The van der Waals surface area contributed by atoms with Crippen molar-refractivity contribution in [2.75, 3.05) is 40.5 Å². The first-order chi connectivity index (χ1) is 7.16. The number of carbonyl (C=O) groups is 1. The van der Waals surface area contributed by atoms with Crippen LogP contribution in [0.4, 0.5) is 0 Å². The molecule has 1 N–H and O–H groups in total. The van der Waals surface area contributed by atoms with Crippen LogP contribution in [-0.2, 0) is 14.3 Å². The standard InChI is InChI=1S/C10H20N2O3/c1-8(6-14-3)12(2)10(13)9-7-15-5-4-11-9/h8-9,11H,4-7H2,1-3H3. The van der Waals surface area contributed by atoms with E-state index >= 15 is 0 Å². The summed E-state index contributed by atoms with van der Waals surface area (Å²) >= 11 is 0. The molecular weight excluding hydrogens is 196 g/mol. The van der Waals surface area contributed by atoms with E-state index in [0.29, 0.717) is 19.8 Å². The lowest BCUT2D eigenvalue weighted by molar-refractivity contribution is -0.137. The average molecular weight is 216 g/mol. The van der Waals surface area contributed by atoms with Gasteiger partial charge in [0, 0.05) is 20.7 Å². The molecule has 2 atom stereocenters. The molecule has 0 bridgehead atoms. The Kier molecular flexibility index (Phi) is 5.01. The molecule has 1 saturated heterocycles. The number of rotatable bonds is 4. The summed E-state index contributed by atoms with van der Waals surface area (Å²) in [4.78, 5) is 13.6. The smallest absolute Gasteiger partial charge is 0.242 e. The molecule has 1 amide bonds. The minimum absolute atomic E-state index is 0.0688. The zero-order chi connectivity index (χ0) is 11.3. The van der Waals surface area contributed by atoms with E-state index in [1.165, 1.54) is 0 Å². The molecule has 5 heteroatoms. The Bertz CT molecular complexity index is 205. The highest BCUT2D eigenvalue weighted by Crippen LogP contribution is 2.03. The summed E-state index contributed by atoms with van der Waals surface area (Å²) in [6.45, 7) is 4.40. The van der Waals surface area contributed by atoms with Crippen molar-refractivity contribution in [2.24, 2.45) is 0 Å². The first-order valence-electron chi connectivity index (χ1n) is 5.23. The molecule has 5 nitrogen and oxygen atoms in total. The monoisotopic (exact) mass is 216 g/mol. The molecule has 0 saturated carbocycles. The fourth-order valence-corrected chi connectivity index (χ4v) is 1.54. The zero-order valence-electron chi connectivity index (χ0n) is 9.66. The molecule has 0 aromatic heterocycles. The van der Waals surface area contributed by atoms with Crippen LogP contribution in [0.1, 0.15) is 6.92 Å². The Hall–Kier alpha value is -0.650. The summed E-state index contributed by atoms with van der Waals surface area (Å²) in [6.07, 6.45) is 0. The zero-order valence-corrected chi connectivity index (χ0v) is 9.66. The predicted molar refractivity (Wildman–Crippen MR) is 56.7 cm³/mol. The van der Waals surface area contributed by atoms with Crippen molar-refractivity contribution < 1.29 is 14.3 Å². The van der Waals surface area contributed by atoms with E-state index in [-0.39, 0.29) is 18.0 Å². The number of hydrogen-bond donors (Lipinski definition) is 1. The number of ether oxygens (including phenoxy) is 2. The van der Waals surface area contributed by atoms with E-state index in [2.05, 4.69) is 5.32 Å². The van der Waals surface area contributed by atoms with E-state index in [1.54, 1.807) is 19.1 Å². The summed E-state index contributed by atoms with van der Waals surface area (Å²) in [5.41, 5.74) is 0. The molecule has 88 valence electrons. The van der Waals surface area contributed by atoms with Crippen LogP contribution in [0.25, 0.3) is 0 Å². The largest absolute Gasteiger partial charge is 0.383 e. The molecule has 1 aliphatic heterocycles. The lowest BCUT2D eigenvalue weighted by atomic mass is 10.2. The maximum absolute atomic E-state index is 11.9. The number of nitrogens with zero attached hydrogens (tertiary/aromatic N) is 1. The van der Waals surface area contributed by atoms with Gasteiger partial charge in [-0.3, -0.25) is 4.79 Å². The van der Waals surface area contributed by atoms with Crippen LogP contribution < -0.4 is 5.32 Å². The van der Waals surface area contributed by atoms with Crippen LogP contribution in [0.5, 0.6) is 0 Å². The summed E-state index contributed by atoms with van der Waals surface area (Å²) in [5.74, 6) is 0.0688. The molecule has 15 heavy (non-hydrogen) atoms. The Morgan fingerprint density at radius 2 is 2.47 bits per heavy atom. The minimum Gasteiger partial charge on any atom is -0.383 e. The van der Waals surface area contributed by atoms with Crippen molar-refractivity contribution in [1.82, 2.24) is 10.2 Å². The van der Waals surface area contributed by atoms with Gasteiger partial charge in [-0.05, 0) is 6.92 Å². The highest BCUT2D eigenvalue weighted by atomic mass is 16.5. The van der Waals surface area contributed by atoms with Crippen LogP contribution in [0.2, 0.25) is 0 Å². The molecule has 0 radical (unpaired) electrons. The van der Waals surface area contributed by atoms with Gasteiger partial charge in [-0.1, -0.05) is 0 Å². The second-order valence-corrected chi connectivity index (χ2v) is 3.84. The predicted octanol–water partition coefficient (Wildman–Crippen LogP) is -0.532. The quantitative estimate of drug-likeness (QED) is 0.686. The summed E-state index contributed by atoms with van der Waals surface area (Å²) in [7, 11) is 3.43. The second-order valence-electron chi connectivity index (χ2n) is 3.84. The number of carbonyl (C=O) groups excluding carboxylic acids is 1. The van der Waals surface area contributed by atoms with Crippen LogP contribution in [0.15, 0.2) is 0 Å². The molecule has 1 heterocycles. The lowest BCUT2D eigenvalue weighted by Gasteiger charge is -2.30. The fourth-order valence-electron chi connectivity index (χ4n) is 1.54. The molecule has 1 rings (SSSR count). The van der Waals surface area contributed by atoms with Gasteiger partial charge in [-0.25, -0.2) is 0 Å². The fraction of sp³-hybridized carbons (Fsp3) is 0.900. The highest BCUT2D eigenvalue weighted by Gasteiger charge is 2.26. The van der Waals surface area contributed by atoms with Crippen LogP contribution in [0, 0.1) is 0 Å².